The molecule has 3 heterocycles. The Labute approximate surface area is 213 Å². The Morgan fingerprint density at radius 3 is 2.61 bits per heavy atom. The quantitative estimate of drug-likeness (QED) is 0.427. The van der Waals surface area contributed by atoms with Crippen LogP contribution in [0.1, 0.15) is 29.5 Å². The summed E-state index contributed by atoms with van der Waals surface area (Å²) in [6.45, 7) is 2.65. The lowest BCUT2D eigenvalue weighted by molar-refractivity contribution is -0.138. The average Bonchev–Trinajstić information content (AvgIpc) is 3.57. The third-order valence-electron chi connectivity index (χ3n) is 6.38. The highest BCUT2D eigenvalue weighted by Gasteiger charge is 2.39. The Kier molecular flexibility index (Phi) is 6.80. The fourth-order valence-electron chi connectivity index (χ4n) is 4.52. The number of nitrogens with one attached hydrogen (secondary N) is 1. The van der Waals surface area contributed by atoms with Gasteiger partial charge in [-0.15, -0.1) is 5.10 Å². The van der Waals surface area contributed by atoms with Crippen molar-refractivity contribution in [3.8, 4) is 0 Å². The van der Waals surface area contributed by atoms with E-state index < -0.39 is 22.9 Å². The molecule has 2 aliphatic rings. The van der Waals surface area contributed by atoms with E-state index in [9.17, 15) is 22.8 Å². The zero-order chi connectivity index (χ0) is 25.4. The van der Waals surface area contributed by atoms with E-state index >= 15 is 0 Å². The SMILES string of the molecule is O=C1S/C(=C(/Cc2ccc(Cl)cc2C(F)(F)F)c2ccc3[nH]nnc3c2)C(=O)N1CCN1CCCC1. The van der Waals surface area contributed by atoms with Gasteiger partial charge in [0.1, 0.15) is 5.52 Å². The highest BCUT2D eigenvalue weighted by molar-refractivity contribution is 8.18. The highest BCUT2D eigenvalue weighted by Crippen LogP contribution is 2.41. The van der Waals surface area contributed by atoms with Crippen LogP contribution in [0.15, 0.2) is 41.3 Å². The molecule has 2 fully saturated rings. The number of amides is 2. The maximum atomic E-state index is 13.8. The zero-order valence-electron chi connectivity index (χ0n) is 18.9. The summed E-state index contributed by atoms with van der Waals surface area (Å²) < 4.78 is 41.5. The van der Waals surface area contributed by atoms with Gasteiger partial charge in [-0.05, 0) is 85.1 Å². The molecule has 36 heavy (non-hydrogen) atoms. The van der Waals surface area contributed by atoms with Gasteiger partial charge in [0.2, 0.25) is 0 Å². The molecular weight excluding hydrogens is 515 g/mol. The van der Waals surface area contributed by atoms with Crippen molar-refractivity contribution in [1.82, 2.24) is 25.2 Å². The molecule has 2 aromatic carbocycles. The van der Waals surface area contributed by atoms with E-state index in [0.29, 0.717) is 28.7 Å². The van der Waals surface area contributed by atoms with Crippen molar-refractivity contribution in [2.75, 3.05) is 26.2 Å². The molecule has 7 nitrogen and oxygen atoms in total. The fraction of sp³-hybridized carbons (Fsp3) is 0.333. The summed E-state index contributed by atoms with van der Waals surface area (Å²) >= 11 is 6.62. The number of carbonyl (C=O) groups excluding carboxylic acids is 2. The number of allylic oxidation sites excluding steroid dienone is 1. The lowest BCUT2D eigenvalue weighted by Gasteiger charge is -2.19. The van der Waals surface area contributed by atoms with Gasteiger partial charge in [-0.2, -0.15) is 13.2 Å². The number of thioether (sulfide) groups is 1. The molecule has 3 aromatic rings. The van der Waals surface area contributed by atoms with Crippen molar-refractivity contribution in [2.24, 2.45) is 0 Å². The molecule has 1 N–H and O–H groups in total. The number of rotatable bonds is 6. The number of hydrogen-bond donors (Lipinski definition) is 1. The lowest BCUT2D eigenvalue weighted by Crippen LogP contribution is -2.36. The molecule has 0 unspecified atom stereocenters. The van der Waals surface area contributed by atoms with Crippen molar-refractivity contribution in [2.45, 2.75) is 25.4 Å². The van der Waals surface area contributed by atoms with Crippen molar-refractivity contribution >= 4 is 51.1 Å². The van der Waals surface area contributed by atoms with Gasteiger partial charge in [-0.1, -0.05) is 28.9 Å². The van der Waals surface area contributed by atoms with Crippen LogP contribution in [-0.2, 0) is 17.4 Å². The third kappa shape index (κ3) is 5.00. The van der Waals surface area contributed by atoms with E-state index in [-0.39, 0.29) is 28.5 Å². The number of H-pyrrole nitrogens is 1. The molecule has 188 valence electrons. The number of aromatic amines is 1. The Bertz CT molecular complexity index is 1370. The molecule has 0 bridgehead atoms. The monoisotopic (exact) mass is 535 g/mol. The minimum absolute atomic E-state index is 0.0427. The summed E-state index contributed by atoms with van der Waals surface area (Å²) in [6, 6.07) is 8.57. The Morgan fingerprint density at radius 2 is 1.86 bits per heavy atom. The van der Waals surface area contributed by atoms with Crippen LogP contribution in [0.2, 0.25) is 5.02 Å². The third-order valence-corrected chi connectivity index (χ3v) is 7.64. The largest absolute Gasteiger partial charge is 0.416 e. The molecule has 0 radical (unpaired) electrons. The van der Waals surface area contributed by atoms with Gasteiger partial charge in [-0.25, -0.2) is 0 Å². The molecule has 0 aliphatic carbocycles. The van der Waals surface area contributed by atoms with Crippen LogP contribution in [0.25, 0.3) is 16.6 Å². The van der Waals surface area contributed by atoms with Crippen LogP contribution >= 0.6 is 23.4 Å². The zero-order valence-corrected chi connectivity index (χ0v) is 20.5. The van der Waals surface area contributed by atoms with Gasteiger partial charge in [0.05, 0.1) is 16.0 Å². The maximum absolute atomic E-state index is 13.8. The fourth-order valence-corrected chi connectivity index (χ4v) is 5.66. The molecule has 2 saturated heterocycles. The number of hydrogen-bond acceptors (Lipinski definition) is 6. The predicted octanol–water partition coefficient (Wildman–Crippen LogP) is 5.38. The van der Waals surface area contributed by atoms with Crippen LogP contribution < -0.4 is 0 Å². The number of aromatic nitrogens is 3. The van der Waals surface area contributed by atoms with Crippen molar-refractivity contribution in [3.63, 3.8) is 0 Å². The molecule has 12 heteroatoms. The number of likely N-dealkylation sites (tertiary alicyclic amines) is 1. The number of nitrogens with zero attached hydrogens (tertiary/aromatic N) is 4. The maximum Gasteiger partial charge on any atom is 0.416 e. The number of alkyl halides is 3. The van der Waals surface area contributed by atoms with Crippen LogP contribution in [0.5, 0.6) is 0 Å². The summed E-state index contributed by atoms with van der Waals surface area (Å²) in [7, 11) is 0. The van der Waals surface area contributed by atoms with E-state index in [0.717, 1.165) is 43.8 Å². The van der Waals surface area contributed by atoms with E-state index in [4.69, 9.17) is 11.6 Å². The van der Waals surface area contributed by atoms with Crippen LogP contribution in [0.4, 0.5) is 18.0 Å². The number of fused-ring (bicyclic) bond motifs is 1. The second-order valence-electron chi connectivity index (χ2n) is 8.70. The average molecular weight is 536 g/mol. The normalized spacial score (nSPS) is 18.6. The Hall–Kier alpha value is -2.89. The van der Waals surface area contributed by atoms with Gasteiger partial charge in [0.25, 0.3) is 11.1 Å². The molecule has 2 aliphatic heterocycles. The lowest BCUT2D eigenvalue weighted by atomic mass is 9.94. The molecule has 2 amide bonds. The highest BCUT2D eigenvalue weighted by atomic mass is 35.5. The van der Waals surface area contributed by atoms with E-state index in [1.165, 1.54) is 17.0 Å². The number of carbonyl (C=O) groups is 2. The van der Waals surface area contributed by atoms with Gasteiger partial charge >= 0.3 is 6.18 Å². The molecular formula is C24H21ClF3N5O2S. The van der Waals surface area contributed by atoms with Crippen LogP contribution in [0.3, 0.4) is 0 Å². The number of halogens is 4. The first kappa shape index (κ1) is 24.8. The second-order valence-corrected chi connectivity index (χ2v) is 10.1. The molecule has 0 spiro atoms. The van der Waals surface area contributed by atoms with Crippen LogP contribution in [0, 0.1) is 0 Å². The minimum atomic E-state index is -4.64. The van der Waals surface area contributed by atoms with E-state index in [1.807, 2.05) is 0 Å². The summed E-state index contributed by atoms with van der Waals surface area (Å²) in [5.74, 6) is -0.498. The van der Waals surface area contributed by atoms with Gasteiger partial charge in [0, 0.05) is 18.1 Å². The Balaban J connectivity index is 1.56. The molecule has 0 saturated carbocycles. The summed E-state index contributed by atoms with van der Waals surface area (Å²) in [5.41, 5.74) is 1.00. The van der Waals surface area contributed by atoms with Crippen molar-refractivity contribution in [3.05, 3.63) is 63.0 Å². The summed E-state index contributed by atoms with van der Waals surface area (Å²) in [6.07, 6.45) is -2.70. The van der Waals surface area contributed by atoms with Gasteiger partial charge < -0.3 is 4.90 Å². The first-order valence-corrected chi connectivity index (χ1v) is 12.6. The van der Waals surface area contributed by atoms with Gasteiger partial charge in [0.15, 0.2) is 0 Å². The first-order valence-electron chi connectivity index (χ1n) is 11.4. The summed E-state index contributed by atoms with van der Waals surface area (Å²) in [4.78, 5) is 29.7. The Morgan fingerprint density at radius 1 is 1.08 bits per heavy atom. The summed E-state index contributed by atoms with van der Waals surface area (Å²) in [5, 5.41) is 9.99. The van der Waals surface area contributed by atoms with Crippen molar-refractivity contribution in [1.29, 1.82) is 0 Å². The standard InChI is InChI=1S/C24H21ClF3N5O2S/c25-16-5-3-15(18(13-16)24(26,27)28)11-17(14-4-6-19-20(12-14)30-31-29-19)21-22(34)33(23(35)36-21)10-9-32-7-1-2-8-32/h3-6,12-13H,1-2,7-11H2,(H,29,30,31)/b21-17-. The van der Waals surface area contributed by atoms with E-state index in [2.05, 4.69) is 20.3 Å². The van der Waals surface area contributed by atoms with Crippen LogP contribution in [-0.4, -0.2) is 62.5 Å². The molecule has 5 rings (SSSR count). The predicted molar refractivity (Wildman–Crippen MR) is 131 cm³/mol. The van der Waals surface area contributed by atoms with Gasteiger partial charge in [-0.3, -0.25) is 19.6 Å². The topological polar surface area (TPSA) is 82.2 Å². The smallest absolute Gasteiger partial charge is 0.302 e. The van der Waals surface area contributed by atoms with Crippen molar-refractivity contribution < 1.29 is 22.8 Å². The van der Waals surface area contributed by atoms with E-state index in [1.54, 1.807) is 18.2 Å². The molecule has 0 atom stereocenters. The number of imide groups is 1. The first-order chi connectivity index (χ1) is 17.2. The second kappa shape index (κ2) is 9.87. The minimum Gasteiger partial charge on any atom is -0.302 e. The molecule has 1 aromatic heterocycles. The number of benzene rings is 2.